The van der Waals surface area contributed by atoms with Crippen LogP contribution in [0, 0.1) is 0 Å². The minimum Gasteiger partial charge on any atom is -0.490 e. The van der Waals surface area contributed by atoms with Crippen LogP contribution < -0.4 is 20.5 Å². The normalized spacial score (nSPS) is 17.1. The molecule has 0 radical (unpaired) electrons. The van der Waals surface area contributed by atoms with Gasteiger partial charge in [0, 0.05) is 19.0 Å². The van der Waals surface area contributed by atoms with Crippen molar-refractivity contribution in [1.82, 2.24) is 5.32 Å². The Hall–Kier alpha value is -1.79. The molecule has 1 aromatic carbocycles. The van der Waals surface area contributed by atoms with E-state index in [2.05, 4.69) is 5.32 Å². The minimum atomic E-state index is -1.18. The molecule has 20 heavy (non-hydrogen) atoms. The number of hydrogen-bond acceptors (Lipinski definition) is 5. The van der Waals surface area contributed by atoms with Crippen LogP contribution in [0.5, 0.6) is 11.5 Å². The maximum absolute atomic E-state index is 10.8. The summed E-state index contributed by atoms with van der Waals surface area (Å²) in [5.41, 5.74) is 6.00. The number of primary amides is 1. The highest BCUT2D eigenvalue weighted by atomic mass is 16.5. The molecule has 1 aromatic rings. The van der Waals surface area contributed by atoms with Crippen molar-refractivity contribution in [3.05, 3.63) is 23.8 Å². The molecule has 6 heteroatoms. The number of nitrogens with two attached hydrogens (primary N) is 1. The number of amides is 1. The lowest BCUT2D eigenvalue weighted by Crippen LogP contribution is -2.38. The summed E-state index contributed by atoms with van der Waals surface area (Å²) in [5.74, 6) is 0.739. The van der Waals surface area contributed by atoms with E-state index in [-0.39, 0.29) is 12.6 Å². The van der Waals surface area contributed by atoms with E-state index in [1.54, 1.807) is 0 Å². The standard InChI is InChI=1S/C14H20N2O4/c1-9(16-8-11(17)14(15)18)10-3-4-12-13(7-10)20-6-2-5-19-12/h3-4,7,9,11,16-17H,2,5-6,8H2,1H3,(H2,15,18). The van der Waals surface area contributed by atoms with E-state index < -0.39 is 12.0 Å². The van der Waals surface area contributed by atoms with Crippen LogP contribution in [0.15, 0.2) is 18.2 Å². The zero-order valence-corrected chi connectivity index (χ0v) is 11.5. The molecule has 0 fully saturated rings. The summed E-state index contributed by atoms with van der Waals surface area (Å²) in [6.07, 6.45) is -0.319. The lowest BCUT2D eigenvalue weighted by molar-refractivity contribution is -0.125. The molecule has 110 valence electrons. The molecular weight excluding hydrogens is 260 g/mol. The van der Waals surface area contributed by atoms with Gasteiger partial charge in [-0.1, -0.05) is 6.07 Å². The monoisotopic (exact) mass is 280 g/mol. The van der Waals surface area contributed by atoms with Crippen LogP contribution in [0.4, 0.5) is 0 Å². The van der Waals surface area contributed by atoms with E-state index in [1.165, 1.54) is 0 Å². The summed E-state index contributed by atoms with van der Waals surface area (Å²) in [6, 6.07) is 5.68. The Morgan fingerprint density at radius 1 is 1.40 bits per heavy atom. The number of aliphatic hydroxyl groups excluding tert-OH is 1. The van der Waals surface area contributed by atoms with E-state index in [0.29, 0.717) is 13.2 Å². The van der Waals surface area contributed by atoms with E-state index in [1.807, 2.05) is 25.1 Å². The van der Waals surface area contributed by atoms with Gasteiger partial charge in [-0.25, -0.2) is 0 Å². The fraction of sp³-hybridized carbons (Fsp3) is 0.500. The molecule has 1 amide bonds. The number of fused-ring (bicyclic) bond motifs is 1. The van der Waals surface area contributed by atoms with Crippen LogP contribution in [-0.2, 0) is 4.79 Å². The van der Waals surface area contributed by atoms with Gasteiger partial charge in [0.25, 0.3) is 0 Å². The highest BCUT2D eigenvalue weighted by Gasteiger charge is 2.16. The Balaban J connectivity index is 2.01. The molecule has 6 nitrogen and oxygen atoms in total. The molecule has 1 heterocycles. The van der Waals surface area contributed by atoms with Crippen LogP contribution in [0.2, 0.25) is 0 Å². The Morgan fingerprint density at radius 2 is 2.10 bits per heavy atom. The predicted molar refractivity (Wildman–Crippen MR) is 73.7 cm³/mol. The third-order valence-corrected chi connectivity index (χ3v) is 3.22. The van der Waals surface area contributed by atoms with Crippen LogP contribution in [0.25, 0.3) is 0 Å². The third kappa shape index (κ3) is 3.61. The molecule has 1 aliphatic heterocycles. The topological polar surface area (TPSA) is 93.8 Å². The van der Waals surface area contributed by atoms with Crippen molar-refractivity contribution in [3.63, 3.8) is 0 Å². The summed E-state index contributed by atoms with van der Waals surface area (Å²) in [7, 11) is 0. The summed E-state index contributed by atoms with van der Waals surface area (Å²) >= 11 is 0. The summed E-state index contributed by atoms with van der Waals surface area (Å²) in [5, 5.41) is 12.4. The zero-order valence-electron chi connectivity index (χ0n) is 11.5. The fourth-order valence-corrected chi connectivity index (χ4v) is 1.96. The predicted octanol–water partition coefficient (Wildman–Crippen LogP) is 0.345. The van der Waals surface area contributed by atoms with E-state index in [9.17, 15) is 9.90 Å². The molecule has 2 rings (SSSR count). The highest BCUT2D eigenvalue weighted by Crippen LogP contribution is 2.32. The minimum absolute atomic E-state index is 0.0406. The second-order valence-electron chi connectivity index (χ2n) is 4.80. The SMILES string of the molecule is CC(NCC(O)C(N)=O)c1ccc2c(c1)OCCCO2. The third-order valence-electron chi connectivity index (χ3n) is 3.22. The van der Waals surface area contributed by atoms with E-state index in [0.717, 1.165) is 23.5 Å². The maximum atomic E-state index is 10.8. The number of ether oxygens (including phenoxy) is 2. The van der Waals surface area contributed by atoms with Crippen LogP contribution in [-0.4, -0.2) is 36.9 Å². The molecule has 0 aromatic heterocycles. The van der Waals surface area contributed by atoms with E-state index >= 15 is 0 Å². The second-order valence-corrected chi connectivity index (χ2v) is 4.80. The number of rotatable bonds is 5. The molecular formula is C14H20N2O4. The van der Waals surface area contributed by atoms with Crippen LogP contribution in [0.3, 0.4) is 0 Å². The van der Waals surface area contributed by atoms with Gasteiger partial charge in [0.1, 0.15) is 6.10 Å². The van der Waals surface area contributed by atoms with Crippen molar-refractivity contribution >= 4 is 5.91 Å². The van der Waals surface area contributed by atoms with Gasteiger partial charge in [-0.05, 0) is 24.6 Å². The Kier molecular flexibility index (Phi) is 4.81. The summed E-state index contributed by atoms with van der Waals surface area (Å²) in [6.45, 7) is 3.35. The summed E-state index contributed by atoms with van der Waals surface area (Å²) in [4.78, 5) is 10.8. The molecule has 0 bridgehead atoms. The fourth-order valence-electron chi connectivity index (χ4n) is 1.96. The summed E-state index contributed by atoms with van der Waals surface area (Å²) < 4.78 is 11.2. The van der Waals surface area contributed by atoms with Gasteiger partial charge in [0.05, 0.1) is 13.2 Å². The number of carbonyl (C=O) groups excluding carboxylic acids is 1. The van der Waals surface area contributed by atoms with E-state index in [4.69, 9.17) is 15.2 Å². The second kappa shape index (κ2) is 6.58. The zero-order chi connectivity index (χ0) is 14.5. The number of hydrogen-bond donors (Lipinski definition) is 3. The average Bonchev–Trinajstić information content (AvgIpc) is 2.68. The number of nitrogens with one attached hydrogen (secondary N) is 1. The molecule has 0 spiro atoms. The molecule has 4 N–H and O–H groups in total. The first-order chi connectivity index (χ1) is 9.58. The van der Waals surface area contributed by atoms with Crippen molar-refractivity contribution in [2.24, 2.45) is 5.73 Å². The van der Waals surface area contributed by atoms with Crippen molar-refractivity contribution < 1.29 is 19.4 Å². The van der Waals surface area contributed by atoms with Crippen molar-refractivity contribution in [3.8, 4) is 11.5 Å². The molecule has 0 saturated heterocycles. The first-order valence-corrected chi connectivity index (χ1v) is 6.68. The van der Waals surface area contributed by atoms with Gasteiger partial charge in [0.15, 0.2) is 11.5 Å². The van der Waals surface area contributed by atoms with Crippen molar-refractivity contribution in [2.75, 3.05) is 19.8 Å². The first-order valence-electron chi connectivity index (χ1n) is 6.68. The smallest absolute Gasteiger partial charge is 0.247 e. The van der Waals surface area contributed by atoms with Crippen molar-refractivity contribution in [2.45, 2.75) is 25.5 Å². The molecule has 2 unspecified atom stereocenters. The van der Waals surface area contributed by atoms with Gasteiger partial charge in [-0.2, -0.15) is 0 Å². The van der Waals surface area contributed by atoms with Crippen LogP contribution in [0.1, 0.15) is 24.9 Å². The number of aliphatic hydroxyl groups is 1. The van der Waals surface area contributed by atoms with Gasteiger partial charge in [-0.3, -0.25) is 4.79 Å². The van der Waals surface area contributed by atoms with Gasteiger partial charge in [0.2, 0.25) is 5.91 Å². The quantitative estimate of drug-likeness (QED) is 0.723. The van der Waals surface area contributed by atoms with Crippen LogP contribution >= 0.6 is 0 Å². The lowest BCUT2D eigenvalue weighted by atomic mass is 10.1. The average molecular weight is 280 g/mol. The highest BCUT2D eigenvalue weighted by molar-refractivity contribution is 5.78. The Bertz CT molecular complexity index is 478. The maximum Gasteiger partial charge on any atom is 0.247 e. The number of benzene rings is 1. The van der Waals surface area contributed by atoms with Gasteiger partial charge in [-0.15, -0.1) is 0 Å². The largest absolute Gasteiger partial charge is 0.490 e. The molecule has 1 aliphatic rings. The Labute approximate surface area is 117 Å². The molecule has 2 atom stereocenters. The van der Waals surface area contributed by atoms with Crippen molar-refractivity contribution in [1.29, 1.82) is 0 Å². The Morgan fingerprint density at radius 3 is 2.80 bits per heavy atom. The lowest BCUT2D eigenvalue weighted by Gasteiger charge is -2.17. The molecule has 0 saturated carbocycles. The van der Waals surface area contributed by atoms with Gasteiger partial charge >= 0.3 is 0 Å². The number of carbonyl (C=O) groups is 1. The molecule has 0 aliphatic carbocycles. The van der Waals surface area contributed by atoms with Gasteiger partial charge < -0.3 is 25.6 Å². The first kappa shape index (κ1) is 14.6.